The second-order valence-electron chi connectivity index (χ2n) is 13.4. The van der Waals surface area contributed by atoms with E-state index in [-0.39, 0.29) is 12.8 Å². The normalized spacial score (nSPS) is 24.3. The van der Waals surface area contributed by atoms with Crippen LogP contribution in [0.2, 0.25) is 0 Å². The quantitative estimate of drug-likeness (QED) is 0.0312. The largest absolute Gasteiger partial charge is 0.472 e. The number of rotatable bonds is 30. The van der Waals surface area contributed by atoms with E-state index in [4.69, 9.17) is 18.5 Å². The first-order valence-electron chi connectivity index (χ1n) is 18.8. The fourth-order valence-electron chi connectivity index (χ4n) is 5.86. The smallest absolute Gasteiger partial charge is 0.462 e. The van der Waals surface area contributed by atoms with E-state index < -0.39 is 75.7 Å². The number of aliphatic hydroxyl groups excluding tert-OH is 5. The predicted molar refractivity (Wildman–Crippen MR) is 184 cm³/mol. The van der Waals surface area contributed by atoms with Gasteiger partial charge in [-0.05, 0) is 6.42 Å². The van der Waals surface area contributed by atoms with Crippen LogP contribution in [0.25, 0.3) is 0 Å². The number of carbonyl (C=O) groups excluding carboxylic acids is 2. The molecule has 0 aromatic heterocycles. The molecule has 0 radical (unpaired) electrons. The molecule has 14 heteroatoms. The van der Waals surface area contributed by atoms with Crippen LogP contribution in [0.1, 0.15) is 155 Å². The molecule has 6 unspecified atom stereocenters. The number of aliphatic hydroxyl groups is 5. The summed E-state index contributed by atoms with van der Waals surface area (Å²) in [5.74, 6) is -1.19. The highest BCUT2D eigenvalue weighted by Gasteiger charge is 2.51. The molecule has 1 aliphatic carbocycles. The minimum absolute atomic E-state index is 0.0521. The van der Waals surface area contributed by atoms with Crippen molar-refractivity contribution in [3.63, 3.8) is 0 Å². The Kier molecular flexibility index (Phi) is 25.7. The van der Waals surface area contributed by atoms with Gasteiger partial charge in [-0.15, -0.1) is 0 Å². The minimum Gasteiger partial charge on any atom is -0.462 e. The molecule has 0 spiro atoms. The van der Waals surface area contributed by atoms with Gasteiger partial charge in [0.1, 0.15) is 43.2 Å². The molecule has 0 aliphatic heterocycles. The molecule has 49 heavy (non-hydrogen) atoms. The lowest BCUT2D eigenvalue weighted by atomic mass is 9.85. The summed E-state index contributed by atoms with van der Waals surface area (Å²) in [5.41, 5.74) is 0. The van der Waals surface area contributed by atoms with Crippen molar-refractivity contribution in [1.82, 2.24) is 0 Å². The first-order chi connectivity index (χ1) is 23.4. The Balaban J connectivity index is 2.22. The van der Waals surface area contributed by atoms with E-state index in [1.807, 2.05) is 0 Å². The number of hydrogen-bond acceptors (Lipinski definition) is 12. The van der Waals surface area contributed by atoms with E-state index >= 15 is 0 Å². The molecule has 0 saturated heterocycles. The van der Waals surface area contributed by atoms with Crippen molar-refractivity contribution in [3.8, 4) is 0 Å². The van der Waals surface area contributed by atoms with Crippen molar-refractivity contribution in [2.24, 2.45) is 0 Å². The van der Waals surface area contributed by atoms with Crippen LogP contribution in [-0.4, -0.2) is 98.3 Å². The zero-order valence-corrected chi connectivity index (χ0v) is 30.9. The number of carbonyl (C=O) groups is 2. The maximum atomic E-state index is 12.5. The third kappa shape index (κ3) is 21.1. The summed E-state index contributed by atoms with van der Waals surface area (Å²) in [6.07, 6.45) is 11.9. The van der Waals surface area contributed by atoms with Crippen molar-refractivity contribution in [2.45, 2.75) is 198 Å². The predicted octanol–water partition coefficient (Wildman–Crippen LogP) is 5.38. The molecule has 0 heterocycles. The second-order valence-corrected chi connectivity index (χ2v) is 14.8. The van der Waals surface area contributed by atoms with E-state index in [0.29, 0.717) is 6.42 Å². The molecular formula is C35H67O13P. The first kappa shape index (κ1) is 45.9. The number of unbranched alkanes of at least 4 members (excludes halogenated alkanes) is 19. The lowest BCUT2D eigenvalue weighted by Crippen LogP contribution is -2.64. The topological polar surface area (TPSA) is 210 Å². The van der Waals surface area contributed by atoms with Crippen LogP contribution in [0.15, 0.2) is 0 Å². The van der Waals surface area contributed by atoms with Gasteiger partial charge in [0.25, 0.3) is 0 Å². The Hall–Kier alpha value is -1.15. The Morgan fingerprint density at radius 3 is 1.37 bits per heavy atom. The van der Waals surface area contributed by atoms with Gasteiger partial charge in [-0.1, -0.05) is 136 Å². The molecule has 0 amide bonds. The Morgan fingerprint density at radius 2 is 0.959 bits per heavy atom. The van der Waals surface area contributed by atoms with Gasteiger partial charge in [-0.25, -0.2) is 4.57 Å². The van der Waals surface area contributed by atoms with Crippen molar-refractivity contribution in [3.05, 3.63) is 0 Å². The number of hydrogen-bond donors (Lipinski definition) is 6. The summed E-state index contributed by atoms with van der Waals surface area (Å²) >= 11 is 0. The zero-order valence-electron chi connectivity index (χ0n) is 30.0. The highest BCUT2D eigenvalue weighted by atomic mass is 31.2. The number of phosphoric ester groups is 1. The van der Waals surface area contributed by atoms with Gasteiger partial charge in [0.05, 0.1) is 6.61 Å². The average Bonchev–Trinajstić information content (AvgIpc) is 3.08. The summed E-state index contributed by atoms with van der Waals surface area (Å²) in [4.78, 5) is 34.2. The molecule has 1 fully saturated rings. The molecule has 290 valence electrons. The lowest BCUT2D eigenvalue weighted by Gasteiger charge is -2.41. The molecule has 1 aliphatic rings. The van der Waals surface area contributed by atoms with E-state index in [1.165, 1.54) is 103 Å². The van der Waals surface area contributed by atoms with Gasteiger partial charge in [-0.2, -0.15) is 0 Å². The van der Waals surface area contributed by atoms with Crippen molar-refractivity contribution < 1.29 is 63.1 Å². The van der Waals surface area contributed by atoms with Crippen molar-refractivity contribution in [2.75, 3.05) is 13.2 Å². The fraction of sp³-hybridized carbons (Fsp3) is 0.943. The molecule has 0 aromatic carbocycles. The third-order valence-corrected chi connectivity index (χ3v) is 9.99. The SMILES string of the molecule is CCCCCCCCCCCCCCCCCCCCCCC(=O)OC(COC(=O)CC)COP(=O)(O)OC1C(O)C(O)C(O)C(O)C1O. The maximum Gasteiger partial charge on any atom is 0.472 e. The number of esters is 2. The van der Waals surface area contributed by atoms with Gasteiger partial charge in [0, 0.05) is 12.8 Å². The lowest BCUT2D eigenvalue weighted by molar-refractivity contribution is -0.220. The van der Waals surface area contributed by atoms with Gasteiger partial charge >= 0.3 is 19.8 Å². The molecule has 0 aromatic rings. The van der Waals surface area contributed by atoms with Crippen LogP contribution >= 0.6 is 7.82 Å². The van der Waals surface area contributed by atoms with E-state index in [0.717, 1.165) is 19.3 Å². The molecule has 1 rings (SSSR count). The van der Waals surface area contributed by atoms with Crippen molar-refractivity contribution >= 4 is 19.8 Å². The van der Waals surface area contributed by atoms with Gasteiger partial charge in [0.15, 0.2) is 6.10 Å². The molecule has 6 atom stereocenters. The van der Waals surface area contributed by atoms with Crippen LogP contribution < -0.4 is 0 Å². The number of phosphoric acid groups is 1. The van der Waals surface area contributed by atoms with Gasteiger partial charge in [-0.3, -0.25) is 18.6 Å². The monoisotopic (exact) mass is 726 g/mol. The second kappa shape index (κ2) is 27.5. The summed E-state index contributed by atoms with van der Waals surface area (Å²) in [7, 11) is -5.07. The Labute approximate surface area is 293 Å². The minimum atomic E-state index is -5.07. The van der Waals surface area contributed by atoms with Crippen molar-refractivity contribution in [1.29, 1.82) is 0 Å². The van der Waals surface area contributed by atoms with Crippen LogP contribution in [0.5, 0.6) is 0 Å². The van der Waals surface area contributed by atoms with Crippen LogP contribution in [0.3, 0.4) is 0 Å². The van der Waals surface area contributed by atoms with E-state index in [1.54, 1.807) is 6.92 Å². The third-order valence-electron chi connectivity index (χ3n) is 9.00. The number of ether oxygens (including phenoxy) is 2. The highest BCUT2D eigenvalue weighted by molar-refractivity contribution is 7.47. The summed E-state index contributed by atoms with van der Waals surface area (Å²) in [6, 6.07) is 0. The van der Waals surface area contributed by atoms with Gasteiger partial charge < -0.3 is 39.9 Å². The molecule has 6 N–H and O–H groups in total. The van der Waals surface area contributed by atoms with Crippen LogP contribution in [0.4, 0.5) is 0 Å². The van der Waals surface area contributed by atoms with Gasteiger partial charge in [0.2, 0.25) is 0 Å². The molecular weight excluding hydrogens is 659 g/mol. The maximum absolute atomic E-state index is 12.5. The van der Waals surface area contributed by atoms with E-state index in [2.05, 4.69) is 6.92 Å². The summed E-state index contributed by atoms with van der Waals surface area (Å²) in [6.45, 7) is 2.64. The summed E-state index contributed by atoms with van der Waals surface area (Å²) in [5, 5.41) is 49.4. The molecule has 1 saturated carbocycles. The Bertz CT molecular complexity index is 891. The first-order valence-corrected chi connectivity index (χ1v) is 20.3. The average molecular weight is 727 g/mol. The van der Waals surface area contributed by atoms with Crippen LogP contribution in [0, 0.1) is 0 Å². The fourth-order valence-corrected chi connectivity index (χ4v) is 6.83. The van der Waals surface area contributed by atoms with E-state index in [9.17, 15) is 44.6 Å². The molecule has 13 nitrogen and oxygen atoms in total. The summed E-state index contributed by atoms with van der Waals surface area (Å²) < 4.78 is 32.5. The highest BCUT2D eigenvalue weighted by Crippen LogP contribution is 2.47. The van der Waals surface area contributed by atoms with Crippen LogP contribution in [-0.2, 0) is 32.7 Å². The Morgan fingerprint density at radius 1 is 0.571 bits per heavy atom. The zero-order chi connectivity index (χ0) is 36.5. The molecule has 0 bridgehead atoms. The standard InChI is InChI=1S/C35H67O13P/c1-3-5-6-7-8-9-10-11-12-13-14-15-16-17-18-19-20-21-22-23-24-29(37)47-27(25-45-28(36)4-2)26-46-49(43,44)48-35-33(41)31(39)30(38)32(40)34(35)42/h27,30-35,38-42H,3-26H2,1-2H3,(H,43,44).